The molecule has 0 saturated heterocycles. The maximum Gasteiger partial charge on any atom is 0.224 e. The van der Waals surface area contributed by atoms with Gasteiger partial charge in [-0.15, -0.1) is 0 Å². The first kappa shape index (κ1) is 12.3. The number of amides is 1. The number of rotatable bonds is 1. The van der Waals surface area contributed by atoms with Gasteiger partial charge in [0.2, 0.25) is 5.91 Å². The molecular formula is C17H17N3O. The van der Waals surface area contributed by atoms with Gasteiger partial charge in [-0.2, -0.15) is 0 Å². The van der Waals surface area contributed by atoms with E-state index >= 15 is 0 Å². The van der Waals surface area contributed by atoms with E-state index in [4.69, 9.17) is 5.73 Å². The number of carbonyl (C=O) groups is 1. The number of nitrogens with two attached hydrogens (primary N) is 1. The molecular weight excluding hydrogens is 262 g/mol. The highest BCUT2D eigenvalue weighted by molar-refractivity contribution is 5.96. The van der Waals surface area contributed by atoms with Crippen LogP contribution in [-0.2, 0) is 17.6 Å². The summed E-state index contributed by atoms with van der Waals surface area (Å²) in [5.41, 5.74) is 12.6. The van der Waals surface area contributed by atoms with Crippen molar-refractivity contribution in [3.05, 3.63) is 47.5 Å². The maximum atomic E-state index is 11.6. The van der Waals surface area contributed by atoms with E-state index in [1.54, 1.807) is 0 Å². The fourth-order valence-corrected chi connectivity index (χ4v) is 3.26. The zero-order chi connectivity index (χ0) is 14.4. The minimum Gasteiger partial charge on any atom is -0.397 e. The molecule has 0 spiro atoms. The van der Waals surface area contributed by atoms with Crippen molar-refractivity contribution >= 4 is 28.7 Å². The number of hydrogen-bond donors (Lipinski definition) is 2. The smallest absolute Gasteiger partial charge is 0.224 e. The van der Waals surface area contributed by atoms with Crippen LogP contribution < -0.4 is 16.0 Å². The third-order valence-corrected chi connectivity index (χ3v) is 4.33. The van der Waals surface area contributed by atoms with Gasteiger partial charge in [-0.1, -0.05) is 18.2 Å². The zero-order valence-corrected chi connectivity index (χ0v) is 11.7. The molecule has 2 aromatic rings. The molecule has 0 saturated carbocycles. The number of benzene rings is 2. The summed E-state index contributed by atoms with van der Waals surface area (Å²) in [4.78, 5) is 13.8. The second-order valence-electron chi connectivity index (χ2n) is 5.65. The highest BCUT2D eigenvalue weighted by atomic mass is 16.1. The highest BCUT2D eigenvalue weighted by Crippen LogP contribution is 2.40. The fraction of sp³-hybridized carbons (Fsp3) is 0.235. The van der Waals surface area contributed by atoms with Crippen LogP contribution in [0.15, 0.2) is 36.4 Å². The van der Waals surface area contributed by atoms with Crippen molar-refractivity contribution in [1.82, 2.24) is 0 Å². The molecule has 0 atom stereocenters. The quantitative estimate of drug-likeness (QED) is 0.789. The molecule has 0 radical (unpaired) electrons. The Morgan fingerprint density at radius 1 is 1.00 bits per heavy atom. The molecule has 1 amide bonds. The van der Waals surface area contributed by atoms with Crippen molar-refractivity contribution in [3.8, 4) is 0 Å². The summed E-state index contributed by atoms with van der Waals surface area (Å²) in [6.45, 7) is 0.927. The first-order chi connectivity index (χ1) is 10.2. The van der Waals surface area contributed by atoms with Gasteiger partial charge in [-0.05, 0) is 42.2 Å². The van der Waals surface area contributed by atoms with E-state index in [0.717, 1.165) is 42.0 Å². The van der Waals surface area contributed by atoms with Gasteiger partial charge in [0.05, 0.1) is 11.4 Å². The molecule has 0 aliphatic carbocycles. The second-order valence-corrected chi connectivity index (χ2v) is 5.65. The lowest BCUT2D eigenvalue weighted by molar-refractivity contribution is -0.116. The molecule has 4 heteroatoms. The molecule has 3 N–H and O–H groups in total. The van der Waals surface area contributed by atoms with Crippen molar-refractivity contribution in [2.75, 3.05) is 22.5 Å². The normalized spacial score (nSPS) is 16.4. The van der Waals surface area contributed by atoms with Crippen molar-refractivity contribution < 1.29 is 4.79 Å². The highest BCUT2D eigenvalue weighted by Gasteiger charge is 2.24. The Balaban J connectivity index is 1.80. The number of anilines is 4. The van der Waals surface area contributed by atoms with Crippen LogP contribution in [0.1, 0.15) is 17.5 Å². The van der Waals surface area contributed by atoms with Crippen LogP contribution in [0.25, 0.3) is 0 Å². The SMILES string of the molecule is Nc1cc2c(cc1N1CCc3ccccc31)NC(=O)CC2. The molecule has 2 heterocycles. The van der Waals surface area contributed by atoms with Crippen LogP contribution in [-0.4, -0.2) is 12.5 Å². The zero-order valence-electron chi connectivity index (χ0n) is 11.7. The number of nitrogens with one attached hydrogen (secondary N) is 1. The van der Waals surface area contributed by atoms with Crippen LogP contribution in [0, 0.1) is 0 Å². The number of aryl methyl sites for hydroxylation is 1. The molecule has 0 bridgehead atoms. The van der Waals surface area contributed by atoms with Crippen molar-refractivity contribution in [2.45, 2.75) is 19.3 Å². The molecule has 2 aliphatic rings. The van der Waals surface area contributed by atoms with Gasteiger partial charge in [0.15, 0.2) is 0 Å². The number of para-hydroxylation sites is 1. The topological polar surface area (TPSA) is 58.4 Å². The number of nitrogen functional groups attached to an aromatic ring is 1. The summed E-state index contributed by atoms with van der Waals surface area (Å²) in [5.74, 6) is 0.0834. The molecule has 2 aliphatic heterocycles. The van der Waals surface area contributed by atoms with Gasteiger partial charge < -0.3 is 16.0 Å². The average molecular weight is 279 g/mol. The fourth-order valence-electron chi connectivity index (χ4n) is 3.26. The molecule has 4 rings (SSSR count). The lowest BCUT2D eigenvalue weighted by Gasteiger charge is -2.25. The number of fused-ring (bicyclic) bond motifs is 2. The van der Waals surface area contributed by atoms with E-state index in [0.29, 0.717) is 6.42 Å². The summed E-state index contributed by atoms with van der Waals surface area (Å²) >= 11 is 0. The van der Waals surface area contributed by atoms with E-state index in [2.05, 4.69) is 28.4 Å². The van der Waals surface area contributed by atoms with E-state index in [-0.39, 0.29) is 5.91 Å². The van der Waals surface area contributed by atoms with Crippen LogP contribution in [0.5, 0.6) is 0 Å². The summed E-state index contributed by atoms with van der Waals surface area (Å²) in [6, 6.07) is 12.4. The summed E-state index contributed by atoms with van der Waals surface area (Å²) in [5, 5.41) is 2.95. The monoisotopic (exact) mass is 279 g/mol. The van der Waals surface area contributed by atoms with Gasteiger partial charge in [0.25, 0.3) is 0 Å². The van der Waals surface area contributed by atoms with Crippen molar-refractivity contribution in [3.63, 3.8) is 0 Å². The predicted octanol–water partition coefficient (Wildman–Crippen LogP) is 2.85. The van der Waals surface area contributed by atoms with Crippen LogP contribution in [0.2, 0.25) is 0 Å². The molecule has 4 nitrogen and oxygen atoms in total. The largest absolute Gasteiger partial charge is 0.397 e. The number of carbonyl (C=O) groups excluding carboxylic acids is 1. The molecule has 0 fully saturated rings. The molecule has 2 aromatic carbocycles. The lowest BCUT2D eigenvalue weighted by atomic mass is 10.0. The number of hydrogen-bond acceptors (Lipinski definition) is 3. The maximum absolute atomic E-state index is 11.6. The molecule has 106 valence electrons. The van der Waals surface area contributed by atoms with Gasteiger partial charge in [-0.25, -0.2) is 0 Å². The van der Waals surface area contributed by atoms with E-state index < -0.39 is 0 Å². The Kier molecular flexibility index (Phi) is 2.64. The summed E-state index contributed by atoms with van der Waals surface area (Å²) in [7, 11) is 0. The first-order valence-corrected chi connectivity index (χ1v) is 7.30. The number of nitrogens with zero attached hydrogens (tertiary/aromatic N) is 1. The predicted molar refractivity (Wildman–Crippen MR) is 85.0 cm³/mol. The lowest BCUT2D eigenvalue weighted by Crippen LogP contribution is -2.21. The van der Waals surface area contributed by atoms with Gasteiger partial charge in [0, 0.05) is 24.3 Å². The van der Waals surface area contributed by atoms with E-state index in [1.807, 2.05) is 18.2 Å². The third-order valence-electron chi connectivity index (χ3n) is 4.33. The Morgan fingerprint density at radius 3 is 2.76 bits per heavy atom. The Morgan fingerprint density at radius 2 is 1.86 bits per heavy atom. The minimum absolute atomic E-state index is 0.0834. The van der Waals surface area contributed by atoms with Gasteiger partial charge in [0.1, 0.15) is 0 Å². The summed E-state index contributed by atoms with van der Waals surface area (Å²) in [6.07, 6.45) is 2.33. The second kappa shape index (κ2) is 4.52. The van der Waals surface area contributed by atoms with Gasteiger partial charge in [-0.3, -0.25) is 4.79 Å². The first-order valence-electron chi connectivity index (χ1n) is 7.30. The summed E-state index contributed by atoms with van der Waals surface area (Å²) < 4.78 is 0. The van der Waals surface area contributed by atoms with Crippen molar-refractivity contribution in [2.24, 2.45) is 0 Å². The minimum atomic E-state index is 0.0834. The van der Waals surface area contributed by atoms with Gasteiger partial charge >= 0.3 is 0 Å². The van der Waals surface area contributed by atoms with E-state index in [9.17, 15) is 4.79 Å². The van der Waals surface area contributed by atoms with Crippen LogP contribution in [0.4, 0.5) is 22.7 Å². The Bertz CT molecular complexity index is 739. The van der Waals surface area contributed by atoms with Crippen LogP contribution >= 0.6 is 0 Å². The molecule has 0 unspecified atom stereocenters. The van der Waals surface area contributed by atoms with Crippen molar-refractivity contribution in [1.29, 1.82) is 0 Å². The van der Waals surface area contributed by atoms with E-state index in [1.165, 1.54) is 11.3 Å². The molecule has 21 heavy (non-hydrogen) atoms. The van der Waals surface area contributed by atoms with Crippen LogP contribution in [0.3, 0.4) is 0 Å². The Hall–Kier alpha value is -2.49. The standard InChI is InChI=1S/C17H17N3O/c18-13-9-12-5-6-17(21)19-14(12)10-16(13)20-8-7-11-3-1-2-4-15(11)20/h1-4,9-10H,5-8,18H2,(H,19,21). The Labute approximate surface area is 123 Å². The molecule has 0 aromatic heterocycles. The third kappa shape index (κ3) is 1.95. The average Bonchev–Trinajstić information content (AvgIpc) is 2.91.